The van der Waals surface area contributed by atoms with E-state index in [9.17, 15) is 13.2 Å². The summed E-state index contributed by atoms with van der Waals surface area (Å²) in [7, 11) is -3.72. The number of isocyanates is 1. The van der Waals surface area contributed by atoms with E-state index in [-0.39, 0.29) is 5.03 Å². The van der Waals surface area contributed by atoms with Crippen molar-refractivity contribution in [2.75, 3.05) is 6.54 Å². The van der Waals surface area contributed by atoms with Crippen molar-refractivity contribution in [3.63, 3.8) is 0 Å². The van der Waals surface area contributed by atoms with Crippen molar-refractivity contribution in [1.82, 2.24) is 13.9 Å². The van der Waals surface area contributed by atoms with Crippen molar-refractivity contribution in [3.05, 3.63) is 12.0 Å². The van der Waals surface area contributed by atoms with Crippen molar-refractivity contribution in [2.24, 2.45) is 4.99 Å². The quantitative estimate of drug-likeness (QED) is 0.614. The van der Waals surface area contributed by atoms with Gasteiger partial charge in [0, 0.05) is 19.3 Å². The number of piperidine rings is 1. The summed E-state index contributed by atoms with van der Waals surface area (Å²) in [6.07, 6.45) is 4.49. The summed E-state index contributed by atoms with van der Waals surface area (Å²) in [4.78, 5) is 18.2. The van der Waals surface area contributed by atoms with Crippen LogP contribution in [0.25, 0.3) is 0 Å². The molecule has 8 heteroatoms. The molecule has 1 aromatic heterocycles. The first-order valence-electron chi connectivity index (χ1n) is 6.63. The second-order valence-corrected chi connectivity index (χ2v) is 6.56. The van der Waals surface area contributed by atoms with Gasteiger partial charge in [-0.25, -0.2) is 18.2 Å². The van der Waals surface area contributed by atoms with Crippen LogP contribution in [-0.4, -0.2) is 41.1 Å². The zero-order valence-corrected chi connectivity index (χ0v) is 12.4. The van der Waals surface area contributed by atoms with Gasteiger partial charge in [0.15, 0.2) is 5.03 Å². The molecular formula is C12H18N4O3S. The Bertz CT molecular complexity index is 631. The molecule has 1 aliphatic rings. The fourth-order valence-corrected chi connectivity index (χ4v) is 3.99. The minimum absolute atomic E-state index is 0.0184. The highest BCUT2D eigenvalue weighted by Gasteiger charge is 2.35. The van der Waals surface area contributed by atoms with Gasteiger partial charge in [-0.3, -0.25) is 0 Å². The van der Waals surface area contributed by atoms with Gasteiger partial charge in [-0.2, -0.15) is 9.30 Å². The van der Waals surface area contributed by atoms with Crippen molar-refractivity contribution >= 4 is 16.1 Å². The summed E-state index contributed by atoms with van der Waals surface area (Å²) in [6.45, 7) is 4.70. The Morgan fingerprint density at radius 1 is 1.50 bits per heavy atom. The van der Waals surface area contributed by atoms with Crippen LogP contribution < -0.4 is 0 Å². The largest absolute Gasteiger partial charge is 0.334 e. The monoisotopic (exact) mass is 298 g/mol. The van der Waals surface area contributed by atoms with Crippen molar-refractivity contribution in [3.8, 4) is 0 Å². The number of rotatable bonds is 4. The molecule has 0 aliphatic carbocycles. The summed E-state index contributed by atoms with van der Waals surface area (Å²) in [5.41, 5.74) is 0. The Morgan fingerprint density at radius 3 is 2.85 bits per heavy atom. The van der Waals surface area contributed by atoms with Crippen LogP contribution in [0.15, 0.2) is 16.2 Å². The zero-order valence-electron chi connectivity index (χ0n) is 11.6. The van der Waals surface area contributed by atoms with Crippen LogP contribution in [0, 0.1) is 6.92 Å². The predicted molar refractivity (Wildman–Crippen MR) is 72.3 cm³/mol. The maximum Gasteiger partial charge on any atom is 0.263 e. The van der Waals surface area contributed by atoms with Crippen LogP contribution in [0.3, 0.4) is 0 Å². The number of nitrogens with zero attached hydrogens (tertiary/aromatic N) is 4. The molecule has 110 valence electrons. The third kappa shape index (κ3) is 2.67. The van der Waals surface area contributed by atoms with E-state index in [1.54, 1.807) is 11.5 Å². The molecule has 1 saturated heterocycles. The minimum Gasteiger partial charge on any atom is -0.334 e. The van der Waals surface area contributed by atoms with E-state index in [1.165, 1.54) is 16.6 Å². The van der Waals surface area contributed by atoms with E-state index in [0.717, 1.165) is 12.8 Å². The Morgan fingerprint density at radius 2 is 2.25 bits per heavy atom. The Balaban J connectivity index is 2.39. The second kappa shape index (κ2) is 5.87. The number of hydrogen-bond acceptors (Lipinski definition) is 5. The molecule has 0 spiro atoms. The van der Waals surface area contributed by atoms with Gasteiger partial charge in [-0.15, -0.1) is 0 Å². The van der Waals surface area contributed by atoms with E-state index in [1.807, 2.05) is 6.92 Å². The van der Waals surface area contributed by atoms with Gasteiger partial charge in [0.1, 0.15) is 12.0 Å². The first-order valence-corrected chi connectivity index (χ1v) is 8.07. The molecule has 1 fully saturated rings. The summed E-state index contributed by atoms with van der Waals surface area (Å²) >= 11 is 0. The van der Waals surface area contributed by atoms with Crippen molar-refractivity contribution in [2.45, 2.75) is 50.8 Å². The maximum atomic E-state index is 12.6. The lowest BCUT2D eigenvalue weighted by Crippen LogP contribution is -2.42. The van der Waals surface area contributed by atoms with Crippen molar-refractivity contribution in [1.29, 1.82) is 0 Å². The molecule has 7 nitrogen and oxygen atoms in total. The van der Waals surface area contributed by atoms with Gasteiger partial charge >= 0.3 is 0 Å². The zero-order chi connectivity index (χ0) is 14.8. The van der Waals surface area contributed by atoms with Gasteiger partial charge in [0.25, 0.3) is 10.0 Å². The molecular weight excluding hydrogens is 280 g/mol. The minimum atomic E-state index is -3.72. The Labute approximate surface area is 118 Å². The highest BCUT2D eigenvalue weighted by Crippen LogP contribution is 2.25. The number of aliphatic imine (C=N–C) groups is 1. The second-order valence-electron chi connectivity index (χ2n) is 4.72. The molecule has 20 heavy (non-hydrogen) atoms. The topological polar surface area (TPSA) is 84.6 Å². The lowest BCUT2D eigenvalue weighted by molar-refractivity contribution is 0.259. The fourth-order valence-electron chi connectivity index (χ4n) is 2.40. The van der Waals surface area contributed by atoms with Crippen LogP contribution >= 0.6 is 0 Å². The molecule has 1 aliphatic heterocycles. The highest BCUT2D eigenvalue weighted by atomic mass is 32.2. The molecule has 0 amide bonds. The summed E-state index contributed by atoms with van der Waals surface area (Å²) in [6, 6.07) is 0. The van der Waals surface area contributed by atoms with E-state index in [2.05, 4.69) is 9.98 Å². The number of carbonyl (C=O) groups excluding carboxylic acids is 1. The van der Waals surface area contributed by atoms with E-state index >= 15 is 0 Å². The van der Waals surface area contributed by atoms with Crippen LogP contribution in [0.1, 0.15) is 32.0 Å². The lowest BCUT2D eigenvalue weighted by Gasteiger charge is -2.30. The smallest absolute Gasteiger partial charge is 0.263 e. The average molecular weight is 298 g/mol. The van der Waals surface area contributed by atoms with Crippen LogP contribution in [-0.2, 0) is 21.4 Å². The molecule has 0 N–H and O–H groups in total. The molecule has 0 bridgehead atoms. The molecule has 0 aromatic carbocycles. The molecule has 1 atom stereocenters. The van der Waals surface area contributed by atoms with Crippen LogP contribution in [0.4, 0.5) is 0 Å². The highest BCUT2D eigenvalue weighted by molar-refractivity contribution is 7.89. The molecule has 2 heterocycles. The number of sulfonamides is 1. The Kier molecular flexibility index (Phi) is 4.37. The Hall–Kier alpha value is -1.50. The first kappa shape index (κ1) is 14.9. The number of aromatic nitrogens is 2. The van der Waals surface area contributed by atoms with Gasteiger partial charge < -0.3 is 4.57 Å². The molecule has 1 aromatic rings. The van der Waals surface area contributed by atoms with Crippen LogP contribution in [0.5, 0.6) is 0 Å². The third-order valence-corrected chi connectivity index (χ3v) is 5.26. The van der Waals surface area contributed by atoms with Gasteiger partial charge in [-0.05, 0) is 33.1 Å². The van der Waals surface area contributed by atoms with E-state index < -0.39 is 16.2 Å². The van der Waals surface area contributed by atoms with Crippen LogP contribution in [0.2, 0.25) is 0 Å². The number of imidazole rings is 1. The van der Waals surface area contributed by atoms with E-state index in [4.69, 9.17) is 0 Å². The van der Waals surface area contributed by atoms with Gasteiger partial charge in [-0.1, -0.05) is 0 Å². The standard InChI is InChI=1S/C12H18N4O3S/c1-3-15-8-12(14-10(15)2)20(18,19)16-7-5-4-6-11(16)13-9-17/h8,11H,3-7H2,1-2H3. The van der Waals surface area contributed by atoms with Gasteiger partial charge in [0.05, 0.1) is 0 Å². The maximum absolute atomic E-state index is 12.6. The van der Waals surface area contributed by atoms with Crippen molar-refractivity contribution < 1.29 is 13.2 Å². The summed E-state index contributed by atoms with van der Waals surface area (Å²) in [5, 5.41) is 0.0184. The lowest BCUT2D eigenvalue weighted by atomic mass is 10.1. The summed E-state index contributed by atoms with van der Waals surface area (Å²) < 4.78 is 28.3. The normalized spacial score (nSPS) is 20.6. The molecule has 0 radical (unpaired) electrons. The SMILES string of the molecule is CCn1cc(S(=O)(=O)N2CCCCC2N=C=O)nc1C. The number of hydrogen-bond donors (Lipinski definition) is 0. The van der Waals surface area contributed by atoms with Gasteiger partial charge in [0.2, 0.25) is 6.08 Å². The van der Waals surface area contributed by atoms with E-state index in [0.29, 0.717) is 25.3 Å². The fraction of sp³-hybridized carbons (Fsp3) is 0.667. The predicted octanol–water partition coefficient (Wildman–Crippen LogP) is 1.05. The summed E-state index contributed by atoms with van der Waals surface area (Å²) in [5.74, 6) is 0.651. The molecule has 1 unspecified atom stereocenters. The molecule has 0 saturated carbocycles. The number of aryl methyl sites for hydroxylation is 2. The third-order valence-electron chi connectivity index (χ3n) is 3.49. The molecule has 2 rings (SSSR count). The average Bonchev–Trinajstić information content (AvgIpc) is 2.81. The first-order chi connectivity index (χ1) is 9.50.